The minimum absolute atomic E-state index is 0.0151. The highest BCUT2D eigenvalue weighted by Gasteiger charge is 2.40. The molecular formula is C15H18N4O2. The Morgan fingerprint density at radius 2 is 2.19 bits per heavy atom. The third-order valence-electron chi connectivity index (χ3n) is 4.80. The summed E-state index contributed by atoms with van der Waals surface area (Å²) in [6.07, 6.45) is 3.34. The minimum Gasteiger partial charge on any atom is -0.365 e. The van der Waals surface area contributed by atoms with Crippen molar-refractivity contribution in [2.75, 3.05) is 18.0 Å². The van der Waals surface area contributed by atoms with Gasteiger partial charge in [0.1, 0.15) is 5.69 Å². The van der Waals surface area contributed by atoms with E-state index in [0.717, 1.165) is 32.4 Å². The summed E-state index contributed by atoms with van der Waals surface area (Å²) in [7, 11) is 0. The fraction of sp³-hybridized carbons (Fsp3) is 0.533. The second-order valence-corrected chi connectivity index (χ2v) is 6.00. The van der Waals surface area contributed by atoms with E-state index in [4.69, 9.17) is 11.0 Å². The molecule has 3 rings (SSSR count). The maximum absolute atomic E-state index is 11.3. The van der Waals surface area contributed by atoms with Crippen molar-refractivity contribution in [1.29, 1.82) is 5.26 Å². The highest BCUT2D eigenvalue weighted by atomic mass is 16.6. The van der Waals surface area contributed by atoms with Gasteiger partial charge in [0.15, 0.2) is 0 Å². The zero-order valence-corrected chi connectivity index (χ0v) is 11.7. The molecule has 1 saturated carbocycles. The lowest BCUT2D eigenvalue weighted by molar-refractivity contribution is -0.384. The van der Waals surface area contributed by atoms with Crippen LogP contribution in [0.25, 0.3) is 0 Å². The van der Waals surface area contributed by atoms with Crippen LogP contribution in [-0.4, -0.2) is 24.1 Å². The molecule has 0 aromatic heterocycles. The summed E-state index contributed by atoms with van der Waals surface area (Å²) in [6, 6.07) is 6.85. The van der Waals surface area contributed by atoms with Gasteiger partial charge in [-0.3, -0.25) is 10.1 Å². The molecule has 110 valence electrons. The molecule has 3 atom stereocenters. The summed E-state index contributed by atoms with van der Waals surface area (Å²) in [5, 5.41) is 20.2. The first-order chi connectivity index (χ1) is 10.1. The zero-order valence-electron chi connectivity index (χ0n) is 11.7. The van der Waals surface area contributed by atoms with Crippen molar-refractivity contribution >= 4 is 11.4 Å². The van der Waals surface area contributed by atoms with Gasteiger partial charge in [-0.25, -0.2) is 0 Å². The number of benzene rings is 1. The van der Waals surface area contributed by atoms with Crippen LogP contribution in [0.3, 0.4) is 0 Å². The highest BCUT2D eigenvalue weighted by Crippen LogP contribution is 2.40. The summed E-state index contributed by atoms with van der Waals surface area (Å²) >= 11 is 0. The van der Waals surface area contributed by atoms with Gasteiger partial charge in [0, 0.05) is 25.2 Å². The summed E-state index contributed by atoms with van der Waals surface area (Å²) in [5.74, 6) is 0.956. The normalized spacial score (nSPS) is 28.0. The van der Waals surface area contributed by atoms with E-state index in [1.165, 1.54) is 6.07 Å². The molecule has 1 aromatic carbocycles. The summed E-state index contributed by atoms with van der Waals surface area (Å²) in [6.45, 7) is 1.60. The van der Waals surface area contributed by atoms with Crippen LogP contribution >= 0.6 is 0 Å². The topological polar surface area (TPSA) is 96.2 Å². The molecule has 3 unspecified atom stereocenters. The molecule has 0 bridgehead atoms. The largest absolute Gasteiger partial charge is 0.365 e. The summed E-state index contributed by atoms with van der Waals surface area (Å²) in [4.78, 5) is 12.9. The molecule has 6 heteroatoms. The second kappa shape index (κ2) is 5.34. The number of rotatable bonds is 2. The Bertz CT molecular complexity index is 610. The molecule has 2 N–H and O–H groups in total. The average molecular weight is 286 g/mol. The molecular weight excluding hydrogens is 268 g/mol. The number of fused-ring (bicyclic) bond motifs is 1. The van der Waals surface area contributed by atoms with Gasteiger partial charge in [-0.15, -0.1) is 0 Å². The van der Waals surface area contributed by atoms with Gasteiger partial charge >= 0.3 is 0 Å². The Hall–Kier alpha value is -2.13. The molecule has 2 aliphatic rings. The fourth-order valence-corrected chi connectivity index (χ4v) is 3.72. The molecule has 0 spiro atoms. The second-order valence-electron chi connectivity index (χ2n) is 6.00. The number of nitrogens with two attached hydrogens (primary N) is 1. The first-order valence-electron chi connectivity index (χ1n) is 7.29. The first-order valence-corrected chi connectivity index (χ1v) is 7.29. The van der Waals surface area contributed by atoms with Gasteiger partial charge in [0.05, 0.1) is 16.6 Å². The van der Waals surface area contributed by atoms with E-state index in [-0.39, 0.29) is 11.7 Å². The van der Waals surface area contributed by atoms with Crippen LogP contribution in [0, 0.1) is 33.3 Å². The summed E-state index contributed by atoms with van der Waals surface area (Å²) in [5.41, 5.74) is 7.15. The van der Waals surface area contributed by atoms with Crippen LogP contribution in [0.1, 0.15) is 24.8 Å². The van der Waals surface area contributed by atoms with Gasteiger partial charge in [0.25, 0.3) is 5.69 Å². The number of nitrogens with zero attached hydrogens (tertiary/aromatic N) is 3. The Balaban J connectivity index is 1.91. The van der Waals surface area contributed by atoms with Crippen molar-refractivity contribution in [3.05, 3.63) is 33.9 Å². The van der Waals surface area contributed by atoms with Crippen molar-refractivity contribution in [2.24, 2.45) is 17.6 Å². The minimum atomic E-state index is -0.405. The van der Waals surface area contributed by atoms with Gasteiger partial charge in [-0.2, -0.15) is 5.26 Å². The van der Waals surface area contributed by atoms with Crippen molar-refractivity contribution in [2.45, 2.75) is 25.3 Å². The standard InChI is InChI=1S/C15H18N4O2/c16-7-10-4-5-14(15(6-10)19(20)21)18-8-11-2-1-3-13(17)12(11)9-18/h4-6,11-13H,1-3,8-9,17H2. The number of nitro benzene ring substituents is 1. The SMILES string of the molecule is N#Cc1ccc(N2CC3CCCC(N)C3C2)c([N+](=O)[O-])c1. The predicted octanol–water partition coefficient (Wildman–Crippen LogP) is 2.03. The maximum Gasteiger partial charge on any atom is 0.293 e. The van der Waals surface area contributed by atoms with E-state index in [0.29, 0.717) is 23.1 Å². The van der Waals surface area contributed by atoms with Gasteiger partial charge in [0.2, 0.25) is 0 Å². The Labute approximate surface area is 123 Å². The van der Waals surface area contributed by atoms with E-state index in [2.05, 4.69) is 4.90 Å². The molecule has 0 radical (unpaired) electrons. The van der Waals surface area contributed by atoms with Crippen LogP contribution in [0.4, 0.5) is 11.4 Å². The zero-order chi connectivity index (χ0) is 15.0. The van der Waals surface area contributed by atoms with Crippen LogP contribution in [-0.2, 0) is 0 Å². The van der Waals surface area contributed by atoms with Gasteiger partial charge < -0.3 is 10.6 Å². The molecule has 21 heavy (non-hydrogen) atoms. The van der Waals surface area contributed by atoms with Gasteiger partial charge in [-0.1, -0.05) is 6.42 Å². The number of hydrogen-bond donors (Lipinski definition) is 1. The predicted molar refractivity (Wildman–Crippen MR) is 78.8 cm³/mol. The molecule has 1 aromatic rings. The molecule has 1 saturated heterocycles. The third kappa shape index (κ3) is 2.45. The van der Waals surface area contributed by atoms with E-state index in [1.54, 1.807) is 12.1 Å². The van der Waals surface area contributed by atoms with Crippen molar-refractivity contribution in [1.82, 2.24) is 0 Å². The van der Waals surface area contributed by atoms with E-state index >= 15 is 0 Å². The molecule has 0 amide bonds. The van der Waals surface area contributed by atoms with Crippen LogP contribution in [0.2, 0.25) is 0 Å². The lowest BCUT2D eigenvalue weighted by Gasteiger charge is -2.29. The Morgan fingerprint density at radius 1 is 1.38 bits per heavy atom. The summed E-state index contributed by atoms with van der Waals surface area (Å²) < 4.78 is 0. The lowest BCUT2D eigenvalue weighted by Crippen LogP contribution is -2.38. The van der Waals surface area contributed by atoms with Gasteiger partial charge in [-0.05, 0) is 36.8 Å². The van der Waals surface area contributed by atoms with E-state index in [9.17, 15) is 10.1 Å². The average Bonchev–Trinajstić information content (AvgIpc) is 2.92. The molecule has 2 fully saturated rings. The molecule has 6 nitrogen and oxygen atoms in total. The van der Waals surface area contributed by atoms with Crippen molar-refractivity contribution < 1.29 is 4.92 Å². The number of nitro groups is 1. The van der Waals surface area contributed by atoms with Crippen LogP contribution in [0.15, 0.2) is 18.2 Å². The van der Waals surface area contributed by atoms with Crippen LogP contribution < -0.4 is 10.6 Å². The van der Waals surface area contributed by atoms with E-state index < -0.39 is 4.92 Å². The Morgan fingerprint density at radius 3 is 2.86 bits per heavy atom. The molecule has 1 aliphatic carbocycles. The lowest BCUT2D eigenvalue weighted by atomic mass is 9.78. The Kier molecular flexibility index (Phi) is 3.52. The number of nitriles is 1. The third-order valence-corrected chi connectivity index (χ3v) is 4.80. The first kappa shape index (κ1) is 13.8. The monoisotopic (exact) mass is 286 g/mol. The number of hydrogen-bond acceptors (Lipinski definition) is 5. The smallest absolute Gasteiger partial charge is 0.293 e. The molecule has 1 aliphatic heterocycles. The van der Waals surface area contributed by atoms with E-state index in [1.807, 2.05) is 6.07 Å². The van der Waals surface area contributed by atoms with Crippen molar-refractivity contribution in [3.8, 4) is 6.07 Å². The van der Waals surface area contributed by atoms with Crippen LogP contribution in [0.5, 0.6) is 0 Å². The number of anilines is 1. The highest BCUT2D eigenvalue weighted by molar-refractivity contribution is 5.66. The molecule has 1 heterocycles. The quantitative estimate of drug-likeness (QED) is 0.662. The fourth-order valence-electron chi connectivity index (χ4n) is 3.72. The maximum atomic E-state index is 11.3. The van der Waals surface area contributed by atoms with Crippen molar-refractivity contribution in [3.63, 3.8) is 0 Å².